The van der Waals surface area contributed by atoms with Crippen LogP contribution in [0.15, 0.2) is 0 Å². The number of aliphatic hydroxyl groups excluding tert-OH is 1. The molecule has 15 heavy (non-hydrogen) atoms. The van der Waals surface area contributed by atoms with Gasteiger partial charge in [0.2, 0.25) is 5.91 Å². The minimum atomic E-state index is -0.155. The molecule has 1 aliphatic rings. The van der Waals surface area contributed by atoms with Gasteiger partial charge in [0.25, 0.3) is 0 Å². The summed E-state index contributed by atoms with van der Waals surface area (Å²) in [4.78, 5) is 11.9. The van der Waals surface area contributed by atoms with Gasteiger partial charge in [-0.3, -0.25) is 4.79 Å². The number of nitrogens with one attached hydrogen (secondary N) is 1. The van der Waals surface area contributed by atoms with Gasteiger partial charge < -0.3 is 16.2 Å². The number of carbonyl (C=O) groups is 1. The average molecular weight is 214 g/mol. The zero-order valence-corrected chi connectivity index (χ0v) is 9.41. The van der Waals surface area contributed by atoms with Crippen LogP contribution in [0.3, 0.4) is 0 Å². The summed E-state index contributed by atoms with van der Waals surface area (Å²) in [5.41, 5.74) is 5.67. The molecule has 0 spiro atoms. The molecule has 0 aliphatic heterocycles. The Morgan fingerprint density at radius 3 is 2.80 bits per heavy atom. The molecule has 1 fully saturated rings. The molecule has 0 saturated heterocycles. The molecule has 0 heterocycles. The average Bonchev–Trinajstić information content (AvgIpc) is 2.28. The van der Waals surface area contributed by atoms with Gasteiger partial charge >= 0.3 is 0 Å². The molecule has 0 bridgehead atoms. The quantitative estimate of drug-likeness (QED) is 0.628. The van der Waals surface area contributed by atoms with E-state index in [-0.39, 0.29) is 24.5 Å². The van der Waals surface area contributed by atoms with Crippen LogP contribution < -0.4 is 11.1 Å². The number of aliphatic hydroxyl groups is 1. The van der Waals surface area contributed by atoms with Crippen LogP contribution in [0, 0.1) is 11.8 Å². The van der Waals surface area contributed by atoms with Crippen LogP contribution in [0.25, 0.3) is 0 Å². The zero-order chi connectivity index (χ0) is 11.3. The first-order valence-electron chi connectivity index (χ1n) is 5.80. The fourth-order valence-electron chi connectivity index (χ4n) is 2.23. The molecule has 0 aromatic heterocycles. The Bertz CT molecular complexity index is 209. The normalized spacial score (nSPS) is 28.5. The van der Waals surface area contributed by atoms with Gasteiger partial charge in [0.1, 0.15) is 0 Å². The van der Waals surface area contributed by atoms with E-state index in [1.165, 1.54) is 6.42 Å². The molecule has 0 aromatic rings. The highest BCUT2D eigenvalue weighted by Gasteiger charge is 2.30. The third kappa shape index (κ3) is 3.47. The minimum absolute atomic E-state index is 0.00818. The van der Waals surface area contributed by atoms with Crippen molar-refractivity contribution in [3.8, 4) is 0 Å². The number of amides is 1. The molecule has 4 N–H and O–H groups in total. The monoisotopic (exact) mass is 214 g/mol. The highest BCUT2D eigenvalue weighted by atomic mass is 16.3. The van der Waals surface area contributed by atoms with Crippen molar-refractivity contribution in [3.05, 3.63) is 0 Å². The Balaban J connectivity index is 2.48. The second-order valence-corrected chi connectivity index (χ2v) is 4.48. The lowest BCUT2D eigenvalue weighted by atomic mass is 9.78. The van der Waals surface area contributed by atoms with Crippen LogP contribution in [-0.4, -0.2) is 30.2 Å². The van der Waals surface area contributed by atoms with Crippen molar-refractivity contribution in [1.29, 1.82) is 0 Å². The Labute approximate surface area is 91.2 Å². The lowest BCUT2D eigenvalue weighted by molar-refractivity contribution is -0.128. The fraction of sp³-hybridized carbons (Fsp3) is 0.909. The van der Waals surface area contributed by atoms with Crippen molar-refractivity contribution in [2.45, 2.75) is 38.6 Å². The largest absolute Gasteiger partial charge is 0.394 e. The molecule has 4 heteroatoms. The summed E-state index contributed by atoms with van der Waals surface area (Å²) in [6.45, 7) is 2.38. The Morgan fingerprint density at radius 1 is 1.53 bits per heavy atom. The molecule has 1 saturated carbocycles. The highest BCUT2D eigenvalue weighted by molar-refractivity contribution is 5.79. The second kappa shape index (κ2) is 6.08. The lowest BCUT2D eigenvalue weighted by Crippen LogP contribution is -2.44. The molecular formula is C11H22N2O2. The summed E-state index contributed by atoms with van der Waals surface area (Å²) in [7, 11) is 0. The second-order valence-electron chi connectivity index (χ2n) is 4.48. The first kappa shape index (κ1) is 12.5. The third-order valence-electron chi connectivity index (χ3n) is 3.21. The fourth-order valence-corrected chi connectivity index (χ4v) is 2.23. The molecule has 0 aromatic carbocycles. The van der Waals surface area contributed by atoms with Crippen molar-refractivity contribution < 1.29 is 9.90 Å². The van der Waals surface area contributed by atoms with Gasteiger partial charge in [0.05, 0.1) is 6.61 Å². The maximum absolute atomic E-state index is 11.9. The number of rotatable bonds is 4. The molecule has 4 nitrogen and oxygen atoms in total. The smallest absolute Gasteiger partial charge is 0.223 e. The van der Waals surface area contributed by atoms with Crippen molar-refractivity contribution in [2.75, 3.05) is 13.2 Å². The maximum Gasteiger partial charge on any atom is 0.223 e. The SMILES string of the molecule is C[C@H](CO)NC(=O)C1CCCCC1CN. The number of hydrogen-bond donors (Lipinski definition) is 3. The molecule has 88 valence electrons. The van der Waals surface area contributed by atoms with Crippen molar-refractivity contribution in [1.82, 2.24) is 5.32 Å². The van der Waals surface area contributed by atoms with E-state index in [0.717, 1.165) is 19.3 Å². The van der Waals surface area contributed by atoms with E-state index >= 15 is 0 Å². The Kier molecular flexibility index (Phi) is 5.05. The standard InChI is InChI=1S/C11H22N2O2/c1-8(7-14)13-11(15)10-5-3-2-4-9(10)6-12/h8-10,14H,2-7,12H2,1H3,(H,13,15)/t8-,9?,10?/m1/s1. The molecule has 0 radical (unpaired) electrons. The van der Waals surface area contributed by atoms with E-state index in [2.05, 4.69) is 5.32 Å². The van der Waals surface area contributed by atoms with Crippen molar-refractivity contribution >= 4 is 5.91 Å². The van der Waals surface area contributed by atoms with E-state index in [1.54, 1.807) is 6.92 Å². The van der Waals surface area contributed by atoms with Gasteiger partial charge in [-0.1, -0.05) is 12.8 Å². The van der Waals surface area contributed by atoms with Gasteiger partial charge in [-0.25, -0.2) is 0 Å². The van der Waals surface area contributed by atoms with Gasteiger partial charge in [0, 0.05) is 12.0 Å². The predicted molar refractivity (Wildman–Crippen MR) is 59.2 cm³/mol. The van der Waals surface area contributed by atoms with Gasteiger partial charge in [-0.15, -0.1) is 0 Å². The van der Waals surface area contributed by atoms with Crippen LogP contribution in [0.4, 0.5) is 0 Å². The third-order valence-corrected chi connectivity index (χ3v) is 3.21. The number of carbonyl (C=O) groups excluding carboxylic acids is 1. The summed E-state index contributed by atoms with van der Waals surface area (Å²) in [5, 5.41) is 11.7. The van der Waals surface area contributed by atoms with E-state index in [0.29, 0.717) is 12.5 Å². The molecule has 3 atom stereocenters. The topological polar surface area (TPSA) is 75.3 Å². The molecular weight excluding hydrogens is 192 g/mol. The van der Waals surface area contributed by atoms with Crippen LogP contribution >= 0.6 is 0 Å². The van der Waals surface area contributed by atoms with Gasteiger partial charge in [-0.2, -0.15) is 0 Å². The summed E-state index contributed by atoms with van der Waals surface area (Å²) in [6, 6.07) is -0.155. The predicted octanol–water partition coefficient (Wildman–Crippen LogP) is 0.249. The van der Waals surface area contributed by atoms with E-state index in [9.17, 15) is 4.79 Å². The summed E-state index contributed by atoms with van der Waals surface area (Å²) < 4.78 is 0. The number of hydrogen-bond acceptors (Lipinski definition) is 3. The van der Waals surface area contributed by atoms with Gasteiger partial charge in [0.15, 0.2) is 0 Å². The van der Waals surface area contributed by atoms with Crippen LogP contribution in [0.5, 0.6) is 0 Å². The molecule has 2 unspecified atom stereocenters. The maximum atomic E-state index is 11.9. The highest BCUT2D eigenvalue weighted by Crippen LogP contribution is 2.29. The summed E-state index contributed by atoms with van der Waals surface area (Å²) >= 11 is 0. The van der Waals surface area contributed by atoms with E-state index < -0.39 is 0 Å². The first-order valence-corrected chi connectivity index (χ1v) is 5.80. The molecule has 1 aliphatic carbocycles. The Hall–Kier alpha value is -0.610. The molecule has 1 amide bonds. The Morgan fingerprint density at radius 2 is 2.20 bits per heavy atom. The van der Waals surface area contributed by atoms with E-state index in [4.69, 9.17) is 10.8 Å². The number of nitrogens with two attached hydrogens (primary N) is 1. The lowest BCUT2D eigenvalue weighted by Gasteiger charge is -2.30. The first-order chi connectivity index (χ1) is 7.19. The summed E-state index contributed by atoms with van der Waals surface area (Å²) in [6.07, 6.45) is 4.29. The van der Waals surface area contributed by atoms with E-state index in [1.807, 2.05) is 0 Å². The molecule has 1 rings (SSSR count). The zero-order valence-electron chi connectivity index (χ0n) is 9.41. The minimum Gasteiger partial charge on any atom is -0.394 e. The van der Waals surface area contributed by atoms with Crippen LogP contribution in [-0.2, 0) is 4.79 Å². The van der Waals surface area contributed by atoms with Crippen LogP contribution in [0.2, 0.25) is 0 Å². The van der Waals surface area contributed by atoms with Gasteiger partial charge in [-0.05, 0) is 32.2 Å². The van der Waals surface area contributed by atoms with Crippen LogP contribution in [0.1, 0.15) is 32.6 Å². The van der Waals surface area contributed by atoms with Crippen molar-refractivity contribution in [2.24, 2.45) is 17.6 Å². The van der Waals surface area contributed by atoms with Crippen molar-refractivity contribution in [3.63, 3.8) is 0 Å². The summed E-state index contributed by atoms with van der Waals surface area (Å²) in [5.74, 6) is 0.439.